The molecular formula is C26H26F2N4O4S. The standard InChI is InChI=1S/C26H26F2N4O4S/c27-21-5-2-6-22(28)26(21)37(34,35)32-18-4-1-3-17(13-18)24(33)15-29-11-12-36-19-9-10-20-23(14-19)30-31-25(20)16-7-8-16/h1-6,9-10,13-14,16,24,29,32-33H,7-8,11-12,15H2,(H,30,31)/t24-/m0/s1. The number of benzene rings is 3. The Hall–Kier alpha value is -3.54. The van der Waals surface area contributed by atoms with Gasteiger partial charge in [-0.1, -0.05) is 18.2 Å². The first-order valence-corrected chi connectivity index (χ1v) is 13.4. The molecule has 0 aliphatic heterocycles. The summed E-state index contributed by atoms with van der Waals surface area (Å²) in [4.78, 5) is -1.06. The third-order valence-electron chi connectivity index (χ3n) is 6.12. The van der Waals surface area contributed by atoms with E-state index >= 15 is 0 Å². The number of ether oxygens (including phenoxy) is 1. The van der Waals surface area contributed by atoms with Crippen LogP contribution >= 0.6 is 0 Å². The number of H-pyrrole nitrogens is 1. The van der Waals surface area contributed by atoms with E-state index < -0.39 is 32.7 Å². The second-order valence-corrected chi connectivity index (χ2v) is 10.6. The van der Waals surface area contributed by atoms with E-state index in [0.717, 1.165) is 34.8 Å². The van der Waals surface area contributed by atoms with Crippen LogP contribution in [0.4, 0.5) is 14.5 Å². The van der Waals surface area contributed by atoms with Crippen LogP contribution in [0.5, 0.6) is 5.75 Å². The third-order valence-corrected chi connectivity index (χ3v) is 7.56. The molecule has 5 rings (SSSR count). The highest BCUT2D eigenvalue weighted by Crippen LogP contribution is 2.42. The fraction of sp³-hybridized carbons (Fsp3) is 0.269. The molecule has 1 atom stereocenters. The number of aliphatic hydroxyl groups is 1. The van der Waals surface area contributed by atoms with Crippen LogP contribution in [0.3, 0.4) is 0 Å². The average Bonchev–Trinajstić information content (AvgIpc) is 3.62. The van der Waals surface area contributed by atoms with Gasteiger partial charge in [0.25, 0.3) is 10.0 Å². The Morgan fingerprint density at radius 2 is 1.84 bits per heavy atom. The Labute approximate surface area is 212 Å². The van der Waals surface area contributed by atoms with Crippen molar-refractivity contribution in [2.45, 2.75) is 29.8 Å². The van der Waals surface area contributed by atoms with Crippen molar-refractivity contribution in [2.75, 3.05) is 24.4 Å². The lowest BCUT2D eigenvalue weighted by molar-refractivity contribution is 0.172. The fourth-order valence-electron chi connectivity index (χ4n) is 4.13. The van der Waals surface area contributed by atoms with Crippen molar-refractivity contribution in [3.63, 3.8) is 0 Å². The quantitative estimate of drug-likeness (QED) is 0.217. The van der Waals surface area contributed by atoms with Crippen LogP contribution in [0, 0.1) is 11.6 Å². The number of anilines is 1. The van der Waals surface area contributed by atoms with Crippen LogP contribution in [-0.2, 0) is 10.0 Å². The highest BCUT2D eigenvalue weighted by Gasteiger charge is 2.28. The fourth-order valence-corrected chi connectivity index (χ4v) is 5.32. The number of hydrogen-bond donors (Lipinski definition) is 4. The van der Waals surface area contributed by atoms with Crippen LogP contribution in [0.2, 0.25) is 0 Å². The van der Waals surface area contributed by atoms with E-state index in [1.165, 1.54) is 31.0 Å². The lowest BCUT2D eigenvalue weighted by atomic mass is 10.1. The molecule has 1 saturated carbocycles. The van der Waals surface area contributed by atoms with Crippen molar-refractivity contribution < 1.29 is 27.0 Å². The molecule has 1 heterocycles. The highest BCUT2D eigenvalue weighted by atomic mass is 32.2. The van der Waals surface area contributed by atoms with Gasteiger partial charge in [-0.2, -0.15) is 5.10 Å². The smallest absolute Gasteiger partial charge is 0.267 e. The van der Waals surface area contributed by atoms with Crippen LogP contribution < -0.4 is 14.8 Å². The van der Waals surface area contributed by atoms with Gasteiger partial charge in [-0.15, -0.1) is 0 Å². The van der Waals surface area contributed by atoms with Gasteiger partial charge in [0, 0.05) is 36.1 Å². The van der Waals surface area contributed by atoms with Crippen molar-refractivity contribution in [3.8, 4) is 5.75 Å². The maximum atomic E-state index is 13.9. The molecule has 1 fully saturated rings. The van der Waals surface area contributed by atoms with E-state index in [1.54, 1.807) is 6.07 Å². The van der Waals surface area contributed by atoms with Gasteiger partial charge in [0.1, 0.15) is 24.0 Å². The average molecular weight is 529 g/mol. The molecule has 8 nitrogen and oxygen atoms in total. The Morgan fingerprint density at radius 3 is 2.59 bits per heavy atom. The number of aliphatic hydroxyl groups excluding tert-OH is 1. The molecule has 3 aromatic carbocycles. The number of halogens is 2. The predicted molar refractivity (Wildman–Crippen MR) is 135 cm³/mol. The van der Waals surface area contributed by atoms with E-state index in [4.69, 9.17) is 4.74 Å². The van der Waals surface area contributed by atoms with E-state index in [9.17, 15) is 22.3 Å². The summed E-state index contributed by atoms with van der Waals surface area (Å²) in [5.74, 6) is -1.11. The molecule has 0 bridgehead atoms. The lowest BCUT2D eigenvalue weighted by Gasteiger charge is -2.15. The topological polar surface area (TPSA) is 116 Å². The first kappa shape index (κ1) is 25.1. The van der Waals surface area contributed by atoms with E-state index in [-0.39, 0.29) is 12.2 Å². The van der Waals surface area contributed by atoms with Gasteiger partial charge in [0.15, 0.2) is 4.90 Å². The summed E-state index contributed by atoms with van der Waals surface area (Å²) in [6.07, 6.45) is 1.42. The first-order chi connectivity index (χ1) is 17.8. The maximum absolute atomic E-state index is 13.9. The minimum atomic E-state index is -4.50. The number of sulfonamides is 1. The second-order valence-electron chi connectivity index (χ2n) is 8.94. The Morgan fingerprint density at radius 1 is 1.08 bits per heavy atom. The molecule has 0 amide bonds. The van der Waals surface area contributed by atoms with Crippen molar-refractivity contribution >= 4 is 26.6 Å². The minimum absolute atomic E-state index is 0.0709. The largest absolute Gasteiger partial charge is 0.492 e. The van der Waals surface area contributed by atoms with E-state index in [2.05, 4.69) is 20.2 Å². The van der Waals surface area contributed by atoms with Gasteiger partial charge in [0.05, 0.1) is 17.3 Å². The molecule has 0 spiro atoms. The van der Waals surface area contributed by atoms with Crippen molar-refractivity contribution in [1.82, 2.24) is 15.5 Å². The molecule has 37 heavy (non-hydrogen) atoms. The molecule has 0 saturated heterocycles. The molecule has 1 aliphatic rings. The van der Waals surface area contributed by atoms with Crippen molar-refractivity contribution in [1.29, 1.82) is 0 Å². The zero-order valence-electron chi connectivity index (χ0n) is 19.7. The summed E-state index contributed by atoms with van der Waals surface area (Å²) in [5, 5.41) is 22.2. The Balaban J connectivity index is 1.12. The molecule has 0 radical (unpaired) electrons. The third kappa shape index (κ3) is 5.74. The number of aromatic nitrogens is 2. The summed E-state index contributed by atoms with van der Waals surface area (Å²) in [5.41, 5.74) is 2.56. The number of aromatic amines is 1. The van der Waals surface area contributed by atoms with Gasteiger partial charge in [-0.05, 0) is 54.8 Å². The number of nitrogens with one attached hydrogen (secondary N) is 3. The van der Waals surface area contributed by atoms with Gasteiger partial charge in [-0.3, -0.25) is 9.82 Å². The number of fused-ring (bicyclic) bond motifs is 1. The van der Waals surface area contributed by atoms with Gasteiger partial charge in [0.2, 0.25) is 0 Å². The van der Waals surface area contributed by atoms with Crippen LogP contribution in [0.1, 0.15) is 36.1 Å². The van der Waals surface area contributed by atoms with Gasteiger partial charge < -0.3 is 15.2 Å². The second kappa shape index (κ2) is 10.4. The highest BCUT2D eigenvalue weighted by molar-refractivity contribution is 7.92. The lowest BCUT2D eigenvalue weighted by Crippen LogP contribution is -2.26. The minimum Gasteiger partial charge on any atom is -0.492 e. The molecule has 4 aromatic rings. The number of hydrogen-bond acceptors (Lipinski definition) is 6. The summed E-state index contributed by atoms with van der Waals surface area (Å²) < 4.78 is 60.9. The first-order valence-electron chi connectivity index (χ1n) is 11.9. The zero-order chi connectivity index (χ0) is 26.0. The summed E-state index contributed by atoms with van der Waals surface area (Å²) in [6.45, 7) is 1.02. The molecular weight excluding hydrogens is 502 g/mol. The monoisotopic (exact) mass is 528 g/mol. The van der Waals surface area contributed by atoms with Crippen molar-refractivity contribution in [2.24, 2.45) is 0 Å². The predicted octanol–water partition coefficient (Wildman–Crippen LogP) is 4.22. The number of nitrogens with zero attached hydrogens (tertiary/aromatic N) is 1. The molecule has 11 heteroatoms. The molecule has 194 valence electrons. The summed E-state index contributed by atoms with van der Waals surface area (Å²) in [7, 11) is -4.50. The van der Waals surface area contributed by atoms with E-state index in [1.807, 2.05) is 18.2 Å². The maximum Gasteiger partial charge on any atom is 0.267 e. The van der Waals surface area contributed by atoms with Crippen LogP contribution in [-0.4, -0.2) is 43.4 Å². The Kier molecular flexibility index (Phi) is 7.09. The van der Waals surface area contributed by atoms with E-state index in [0.29, 0.717) is 30.4 Å². The summed E-state index contributed by atoms with van der Waals surface area (Å²) in [6, 6.07) is 14.7. The molecule has 1 aromatic heterocycles. The van der Waals surface area contributed by atoms with Crippen LogP contribution in [0.15, 0.2) is 65.6 Å². The van der Waals surface area contributed by atoms with Gasteiger partial charge in [-0.25, -0.2) is 17.2 Å². The zero-order valence-corrected chi connectivity index (χ0v) is 20.6. The Bertz CT molecular complexity index is 1500. The molecule has 4 N–H and O–H groups in total. The summed E-state index contributed by atoms with van der Waals surface area (Å²) >= 11 is 0. The normalized spacial score (nSPS) is 14.6. The SMILES string of the molecule is O=S(=O)(Nc1cccc([C@@H](O)CNCCOc2ccc3c(C4CC4)n[nH]c3c2)c1)c1c(F)cccc1F. The molecule has 0 unspecified atom stereocenters. The molecule has 1 aliphatic carbocycles. The van der Waals surface area contributed by atoms with Crippen molar-refractivity contribution in [3.05, 3.63) is 83.6 Å². The van der Waals surface area contributed by atoms with Gasteiger partial charge >= 0.3 is 0 Å². The van der Waals surface area contributed by atoms with Crippen LogP contribution in [0.25, 0.3) is 10.9 Å². The number of rotatable bonds is 11.